The molecular weight excluding hydrogens is 319 g/mol. The van der Waals surface area contributed by atoms with Crippen molar-refractivity contribution in [1.29, 1.82) is 0 Å². The molecule has 128 valence electrons. The second kappa shape index (κ2) is 7.03. The minimum absolute atomic E-state index is 0.201. The summed E-state index contributed by atoms with van der Waals surface area (Å²) < 4.78 is 18.4. The number of benzene rings is 2. The molecule has 0 N–H and O–H groups in total. The first-order valence-electron chi connectivity index (χ1n) is 8.39. The van der Waals surface area contributed by atoms with Crippen molar-refractivity contribution in [3.8, 4) is 11.4 Å². The number of rotatable bonds is 4. The van der Waals surface area contributed by atoms with Crippen molar-refractivity contribution in [3.63, 3.8) is 0 Å². The van der Waals surface area contributed by atoms with Crippen molar-refractivity contribution in [3.05, 3.63) is 66.3 Å². The van der Waals surface area contributed by atoms with Crippen LogP contribution in [-0.2, 0) is 6.54 Å². The molecule has 0 bridgehead atoms. The van der Waals surface area contributed by atoms with Gasteiger partial charge in [-0.3, -0.25) is 4.90 Å². The van der Waals surface area contributed by atoms with Crippen molar-refractivity contribution in [1.82, 2.24) is 15.0 Å². The van der Waals surface area contributed by atoms with Gasteiger partial charge in [-0.25, -0.2) is 4.39 Å². The first kappa shape index (κ1) is 15.8. The average molecular weight is 338 g/mol. The van der Waals surface area contributed by atoms with E-state index < -0.39 is 0 Å². The van der Waals surface area contributed by atoms with Crippen molar-refractivity contribution in [2.75, 3.05) is 31.1 Å². The molecule has 0 spiro atoms. The zero-order chi connectivity index (χ0) is 17.1. The highest BCUT2D eigenvalue weighted by molar-refractivity contribution is 5.53. The fourth-order valence-corrected chi connectivity index (χ4v) is 3.03. The largest absolute Gasteiger partial charge is 0.369 e. The maximum atomic E-state index is 13.0. The van der Waals surface area contributed by atoms with E-state index in [9.17, 15) is 4.39 Å². The van der Waals surface area contributed by atoms with Crippen molar-refractivity contribution < 1.29 is 8.91 Å². The van der Waals surface area contributed by atoms with Crippen LogP contribution in [0.3, 0.4) is 0 Å². The lowest BCUT2D eigenvalue weighted by atomic mass is 10.2. The summed E-state index contributed by atoms with van der Waals surface area (Å²) in [5.41, 5.74) is 2.02. The van der Waals surface area contributed by atoms with Gasteiger partial charge < -0.3 is 9.42 Å². The van der Waals surface area contributed by atoms with E-state index in [0.717, 1.165) is 37.4 Å². The average Bonchev–Trinajstić information content (AvgIpc) is 3.12. The smallest absolute Gasteiger partial charge is 0.241 e. The van der Waals surface area contributed by atoms with E-state index in [2.05, 4.69) is 19.9 Å². The zero-order valence-corrected chi connectivity index (χ0v) is 13.8. The van der Waals surface area contributed by atoms with Gasteiger partial charge in [-0.1, -0.05) is 35.5 Å². The third kappa shape index (κ3) is 3.69. The summed E-state index contributed by atoms with van der Waals surface area (Å²) in [6.45, 7) is 4.24. The monoisotopic (exact) mass is 338 g/mol. The summed E-state index contributed by atoms with van der Waals surface area (Å²) in [7, 11) is 0. The van der Waals surface area contributed by atoms with Gasteiger partial charge in [-0.15, -0.1) is 0 Å². The quantitative estimate of drug-likeness (QED) is 0.731. The standard InChI is InChI=1S/C19H19FN4O/c20-16-6-8-17(9-7-16)24-12-10-23(11-13-24)14-18-21-19(22-25-18)15-4-2-1-3-5-15/h1-9H,10-14H2. The summed E-state index contributed by atoms with van der Waals surface area (Å²) in [5, 5.41) is 4.06. The molecule has 1 aromatic heterocycles. The van der Waals surface area contributed by atoms with Gasteiger partial charge in [0.05, 0.1) is 6.54 Å². The van der Waals surface area contributed by atoms with Crippen LogP contribution in [0.15, 0.2) is 59.1 Å². The van der Waals surface area contributed by atoms with Gasteiger partial charge in [-0.2, -0.15) is 4.98 Å². The van der Waals surface area contributed by atoms with Crippen LogP contribution in [0.1, 0.15) is 5.89 Å². The van der Waals surface area contributed by atoms with Gasteiger partial charge in [0.1, 0.15) is 5.82 Å². The van der Waals surface area contributed by atoms with Crippen molar-refractivity contribution in [2.45, 2.75) is 6.54 Å². The first-order valence-corrected chi connectivity index (χ1v) is 8.39. The Morgan fingerprint density at radius 2 is 1.64 bits per heavy atom. The molecule has 0 atom stereocenters. The number of aromatic nitrogens is 2. The topological polar surface area (TPSA) is 45.4 Å². The molecule has 1 fully saturated rings. The molecule has 4 rings (SSSR count). The highest BCUT2D eigenvalue weighted by Gasteiger charge is 2.19. The SMILES string of the molecule is Fc1ccc(N2CCN(Cc3nc(-c4ccccc4)no3)CC2)cc1. The predicted octanol–water partition coefficient (Wildman–Crippen LogP) is 3.20. The van der Waals surface area contributed by atoms with Gasteiger partial charge >= 0.3 is 0 Å². The van der Waals surface area contributed by atoms with Gasteiger partial charge in [0.2, 0.25) is 11.7 Å². The van der Waals surface area contributed by atoms with Gasteiger partial charge in [-0.05, 0) is 24.3 Å². The van der Waals surface area contributed by atoms with Gasteiger partial charge in [0.15, 0.2) is 0 Å². The first-order chi connectivity index (χ1) is 12.3. The Balaban J connectivity index is 1.34. The molecule has 5 nitrogen and oxygen atoms in total. The lowest BCUT2D eigenvalue weighted by Crippen LogP contribution is -2.46. The number of hydrogen-bond donors (Lipinski definition) is 0. The van der Waals surface area contributed by atoms with E-state index in [4.69, 9.17) is 4.52 Å². The lowest BCUT2D eigenvalue weighted by molar-refractivity contribution is 0.215. The second-order valence-electron chi connectivity index (χ2n) is 6.12. The van der Waals surface area contributed by atoms with E-state index in [1.165, 1.54) is 12.1 Å². The third-order valence-electron chi connectivity index (χ3n) is 4.42. The normalized spacial score (nSPS) is 15.5. The summed E-state index contributed by atoms with van der Waals surface area (Å²) in [6.07, 6.45) is 0. The molecule has 1 aliphatic rings. The van der Waals surface area contributed by atoms with Crippen molar-refractivity contribution >= 4 is 5.69 Å². The molecule has 0 aliphatic carbocycles. The van der Waals surface area contributed by atoms with Crippen LogP contribution in [0, 0.1) is 5.82 Å². The summed E-state index contributed by atoms with van der Waals surface area (Å²) in [6, 6.07) is 16.5. The number of piperazine rings is 1. The second-order valence-corrected chi connectivity index (χ2v) is 6.12. The Morgan fingerprint density at radius 1 is 0.920 bits per heavy atom. The molecule has 1 saturated heterocycles. The van der Waals surface area contributed by atoms with E-state index in [-0.39, 0.29) is 5.82 Å². The summed E-state index contributed by atoms with van der Waals surface area (Å²) in [4.78, 5) is 9.04. The Kier molecular flexibility index (Phi) is 4.43. The van der Waals surface area contributed by atoms with Crippen LogP contribution in [0.5, 0.6) is 0 Å². The van der Waals surface area contributed by atoms with Crippen LogP contribution in [0.25, 0.3) is 11.4 Å². The Hall–Kier alpha value is -2.73. The van der Waals surface area contributed by atoms with Crippen LogP contribution in [0.2, 0.25) is 0 Å². The zero-order valence-electron chi connectivity index (χ0n) is 13.8. The molecule has 25 heavy (non-hydrogen) atoms. The molecule has 3 aromatic rings. The third-order valence-corrected chi connectivity index (χ3v) is 4.42. The Bertz CT molecular complexity index is 811. The van der Waals surface area contributed by atoms with Gasteiger partial charge in [0.25, 0.3) is 0 Å². The Morgan fingerprint density at radius 3 is 2.36 bits per heavy atom. The summed E-state index contributed by atoms with van der Waals surface area (Å²) >= 11 is 0. The van der Waals surface area contributed by atoms with E-state index >= 15 is 0 Å². The molecule has 6 heteroatoms. The molecule has 0 saturated carbocycles. The van der Waals surface area contributed by atoms with Crippen LogP contribution in [0.4, 0.5) is 10.1 Å². The van der Waals surface area contributed by atoms with Gasteiger partial charge in [0, 0.05) is 37.4 Å². The van der Waals surface area contributed by atoms with E-state index in [0.29, 0.717) is 18.3 Å². The van der Waals surface area contributed by atoms with Crippen molar-refractivity contribution in [2.24, 2.45) is 0 Å². The molecule has 0 radical (unpaired) electrons. The maximum Gasteiger partial charge on any atom is 0.241 e. The molecular formula is C19H19FN4O. The molecule has 0 unspecified atom stereocenters. The lowest BCUT2D eigenvalue weighted by Gasteiger charge is -2.35. The fraction of sp³-hybridized carbons (Fsp3) is 0.263. The maximum absolute atomic E-state index is 13.0. The molecule has 0 amide bonds. The van der Waals surface area contributed by atoms with Crippen LogP contribution < -0.4 is 4.90 Å². The molecule has 2 heterocycles. The van der Waals surface area contributed by atoms with Crippen LogP contribution >= 0.6 is 0 Å². The highest BCUT2D eigenvalue weighted by Crippen LogP contribution is 2.19. The minimum atomic E-state index is -0.201. The number of anilines is 1. The number of halogens is 1. The van der Waals surface area contributed by atoms with E-state index in [1.54, 1.807) is 0 Å². The number of hydrogen-bond acceptors (Lipinski definition) is 5. The minimum Gasteiger partial charge on any atom is -0.369 e. The number of nitrogens with zero attached hydrogens (tertiary/aromatic N) is 4. The fourth-order valence-electron chi connectivity index (χ4n) is 3.03. The predicted molar refractivity (Wildman–Crippen MR) is 93.6 cm³/mol. The highest BCUT2D eigenvalue weighted by atomic mass is 19.1. The Labute approximate surface area is 145 Å². The van der Waals surface area contributed by atoms with E-state index in [1.807, 2.05) is 42.5 Å². The summed E-state index contributed by atoms with van der Waals surface area (Å²) in [5.74, 6) is 1.06. The molecule has 1 aliphatic heterocycles. The van der Waals surface area contributed by atoms with Crippen LogP contribution in [-0.4, -0.2) is 41.2 Å². The molecule has 2 aromatic carbocycles.